The summed E-state index contributed by atoms with van der Waals surface area (Å²) in [4.78, 5) is 11.2. The molecular weight excluding hydrogens is 326 g/mol. The molecule has 0 saturated heterocycles. The highest BCUT2D eigenvalue weighted by Crippen LogP contribution is 1.67. The van der Waals surface area contributed by atoms with Crippen molar-refractivity contribution < 1.29 is 10.3 Å². The normalized spacial score (nSPS) is 11.6. The fraction of sp³-hybridized carbons (Fsp3) is 0.900. The number of hydrogen-bond acceptors (Lipinski definition) is 3. The van der Waals surface area contributed by atoms with Gasteiger partial charge < -0.3 is 11.5 Å². The first-order chi connectivity index (χ1) is 8.15. The molecule has 98 valence electrons. The molecule has 0 aliphatic rings. The summed E-state index contributed by atoms with van der Waals surface area (Å²) < 4.78 is 26.0. The zero-order valence-electron chi connectivity index (χ0n) is 14.5. The summed E-state index contributed by atoms with van der Waals surface area (Å²) in [5, 5.41) is -0.361. The molecule has 0 spiro atoms. The number of hydrogen-bond donors (Lipinski definition) is 2. The van der Waals surface area contributed by atoms with Crippen molar-refractivity contribution >= 4 is 39.4 Å². The minimum Gasteiger partial charge on any atom is -0.331 e. The first-order valence-corrected chi connectivity index (χ1v) is 6.71. The topological polar surface area (TPSA) is 69.1 Å². The molecule has 0 aromatic rings. The summed E-state index contributed by atoms with van der Waals surface area (Å²) in [5.41, 5.74) is 9.53. The summed E-state index contributed by atoms with van der Waals surface area (Å²) in [7, 11) is 0. The summed E-state index contributed by atoms with van der Waals surface area (Å²) in [5.74, 6) is 0. The van der Waals surface area contributed by atoms with E-state index in [1.165, 1.54) is 27.7 Å². The second-order valence-corrected chi connectivity index (χ2v) is 2.20. The molecule has 0 heterocycles. The Hall–Kier alpha value is 0.610. The molecule has 0 bridgehead atoms. The average Bonchev–Trinajstić information content (AvgIpc) is 2.00. The smallest absolute Gasteiger partial charge is 0.218 e. The molecule has 4 N–H and O–H groups in total. The van der Waals surface area contributed by atoms with E-state index >= 15 is 0 Å². The van der Waals surface area contributed by atoms with Crippen LogP contribution in [0, 0.1) is 0 Å². The molecule has 0 fully saturated rings. The van der Waals surface area contributed by atoms with Gasteiger partial charge in [-0.1, -0.05) is 56.7 Å². The predicted molar refractivity (Wildman–Crippen MR) is 81.9 cm³/mol. The van der Waals surface area contributed by atoms with Crippen molar-refractivity contribution in [1.29, 1.82) is 0 Å². The van der Waals surface area contributed by atoms with Crippen molar-refractivity contribution in [2.45, 2.75) is 41.0 Å². The zero-order valence-corrected chi connectivity index (χ0v) is 13.4. The van der Waals surface area contributed by atoms with Crippen LogP contribution in [-0.4, -0.2) is 23.2 Å². The summed E-state index contributed by atoms with van der Waals surface area (Å²) >= 11 is 6.79. The van der Waals surface area contributed by atoms with E-state index < -0.39 is 12.9 Å². The Kier molecular flexibility index (Phi) is 64.5. The third-order valence-corrected chi connectivity index (χ3v) is 0. The van der Waals surface area contributed by atoms with Gasteiger partial charge in [0.05, 0.1) is 0 Å². The van der Waals surface area contributed by atoms with Crippen LogP contribution in [0.15, 0.2) is 0 Å². The van der Waals surface area contributed by atoms with Crippen molar-refractivity contribution in [2.75, 3.05) is 18.0 Å². The molecule has 0 amide bonds. The maximum Gasteiger partial charge on any atom is 0.218 e. The summed E-state index contributed by atoms with van der Waals surface area (Å²) in [6.45, 7) is 6.79. The molecule has 0 radical (unpaired) electrons. The monoisotopic (exact) mass is 358 g/mol. The van der Waals surface area contributed by atoms with Gasteiger partial charge in [0.2, 0.25) is 5.24 Å². The van der Waals surface area contributed by atoms with E-state index in [4.69, 9.17) is 11.2 Å². The molecular formula is C10H28ClIN2O. The van der Waals surface area contributed by atoms with Gasteiger partial charge in [0.25, 0.3) is 0 Å². The molecule has 0 unspecified atom stereocenters. The Labute approximate surface area is 120 Å². The van der Waals surface area contributed by atoms with E-state index in [1.807, 2.05) is 11.9 Å². The minimum atomic E-state index is -1.50. The Bertz CT molecular complexity index is 148. The van der Waals surface area contributed by atoms with Gasteiger partial charge in [0.15, 0.2) is 0 Å². The number of carbonyl (C=O) groups is 1. The Morgan fingerprint density at radius 1 is 1.27 bits per heavy atom. The van der Waals surface area contributed by atoms with Crippen LogP contribution in [0.5, 0.6) is 0 Å². The lowest BCUT2D eigenvalue weighted by Crippen LogP contribution is -1.87. The highest BCUT2D eigenvalue weighted by molar-refractivity contribution is 14.1. The minimum absolute atomic E-state index is 0.361. The van der Waals surface area contributed by atoms with Crippen molar-refractivity contribution in [3.8, 4) is 0 Å². The number of carbonyl (C=O) groups excluding carboxylic acids is 1. The summed E-state index contributed by atoms with van der Waals surface area (Å²) in [6, 6.07) is 0. The van der Waals surface area contributed by atoms with E-state index in [9.17, 15) is 4.79 Å². The summed E-state index contributed by atoms with van der Waals surface area (Å²) in [6.07, 6.45) is -1.00. The van der Waals surface area contributed by atoms with Crippen LogP contribution in [0.2, 0.25) is 0 Å². The van der Waals surface area contributed by atoms with Crippen LogP contribution in [0.25, 0.3) is 0 Å². The Morgan fingerprint density at radius 2 is 1.27 bits per heavy atom. The van der Waals surface area contributed by atoms with Crippen LogP contribution in [-0.2, 0) is 4.79 Å². The van der Waals surface area contributed by atoms with Gasteiger partial charge in [-0.3, -0.25) is 4.79 Å². The standard InChI is InChI=1S/C3H8.C2H3ClO.2C2H7N.CH3I/c1-3-2;1-2(3)4;2*1-2-3;1-2/h3H2,1-2H3;1H3;2*2-3H2,1H3;1H3/i3D2;;2D2;;. The maximum absolute atomic E-state index is 9.21. The first kappa shape index (κ1) is 15.6. The predicted octanol–water partition coefficient (Wildman–Crippen LogP) is 3.17. The van der Waals surface area contributed by atoms with E-state index in [1.54, 1.807) is 0 Å². The van der Waals surface area contributed by atoms with Crippen LogP contribution in [0.3, 0.4) is 0 Å². The van der Waals surface area contributed by atoms with Crippen molar-refractivity contribution in [3.05, 3.63) is 0 Å². The van der Waals surface area contributed by atoms with Crippen molar-refractivity contribution in [1.82, 2.24) is 0 Å². The highest BCUT2D eigenvalue weighted by Gasteiger charge is 1.67. The molecule has 15 heavy (non-hydrogen) atoms. The van der Waals surface area contributed by atoms with Gasteiger partial charge in [-0.05, 0) is 29.6 Å². The van der Waals surface area contributed by atoms with Crippen molar-refractivity contribution in [2.24, 2.45) is 11.5 Å². The Balaban J connectivity index is -0.0000000446. The quantitative estimate of drug-likeness (QED) is 0.397. The van der Waals surface area contributed by atoms with E-state index in [0.717, 1.165) is 6.54 Å². The zero-order chi connectivity index (χ0) is 17.3. The van der Waals surface area contributed by atoms with Crippen LogP contribution >= 0.6 is 34.2 Å². The molecule has 0 aliphatic heterocycles. The lowest BCUT2D eigenvalue weighted by atomic mass is 10.6. The van der Waals surface area contributed by atoms with Gasteiger partial charge in [0, 0.05) is 12.4 Å². The van der Waals surface area contributed by atoms with Gasteiger partial charge in [-0.25, -0.2) is 0 Å². The molecule has 0 atom stereocenters. The number of alkyl halides is 1. The molecule has 0 aromatic heterocycles. The first-order valence-electron chi connectivity index (χ1n) is 6.18. The van der Waals surface area contributed by atoms with Gasteiger partial charge in [-0.2, -0.15) is 0 Å². The maximum atomic E-state index is 9.21. The van der Waals surface area contributed by atoms with Gasteiger partial charge >= 0.3 is 0 Å². The second-order valence-electron chi connectivity index (χ2n) is 1.67. The number of nitrogens with two attached hydrogens (primary N) is 2. The fourth-order valence-corrected chi connectivity index (χ4v) is 0. The molecule has 5 heteroatoms. The van der Waals surface area contributed by atoms with Crippen molar-refractivity contribution in [3.63, 3.8) is 0 Å². The average molecular weight is 359 g/mol. The van der Waals surface area contributed by atoms with E-state index in [0.29, 0.717) is 0 Å². The second kappa shape index (κ2) is 61.9. The third-order valence-electron chi connectivity index (χ3n) is 0. The highest BCUT2D eigenvalue weighted by atomic mass is 127. The Morgan fingerprint density at radius 3 is 1.27 bits per heavy atom. The van der Waals surface area contributed by atoms with Gasteiger partial charge in [0.1, 0.15) is 0 Å². The molecule has 0 aromatic carbocycles. The van der Waals surface area contributed by atoms with Crippen LogP contribution in [0.1, 0.15) is 46.5 Å². The SMILES string of the molecule is CC(=O)Cl.CCN.CI.[2H]C([2H])(C)C.[2H]C([2H])(C)N. The molecule has 3 nitrogen and oxygen atoms in total. The largest absolute Gasteiger partial charge is 0.331 e. The fourth-order valence-electron chi connectivity index (χ4n) is 0. The number of rotatable bonds is 0. The molecule has 0 rings (SSSR count). The van der Waals surface area contributed by atoms with Gasteiger partial charge in [-0.15, -0.1) is 0 Å². The van der Waals surface area contributed by atoms with Crippen LogP contribution in [0.4, 0.5) is 0 Å². The van der Waals surface area contributed by atoms with E-state index in [2.05, 4.69) is 39.9 Å². The van der Waals surface area contributed by atoms with E-state index in [-0.39, 0.29) is 5.24 Å². The lowest BCUT2D eigenvalue weighted by Gasteiger charge is -1.53. The number of halogens is 2. The molecule has 0 aliphatic carbocycles. The third kappa shape index (κ3) is 6240. The molecule has 0 saturated carbocycles. The van der Waals surface area contributed by atoms with Crippen LogP contribution < -0.4 is 11.5 Å². The lowest BCUT2D eigenvalue weighted by molar-refractivity contribution is -0.109.